The maximum absolute atomic E-state index is 13.5. The zero-order valence-corrected chi connectivity index (χ0v) is 15.3. The van der Waals surface area contributed by atoms with Gasteiger partial charge in [0, 0.05) is 5.56 Å². The third-order valence-corrected chi connectivity index (χ3v) is 4.29. The Morgan fingerprint density at radius 3 is 2.37 bits per heavy atom. The van der Waals surface area contributed by atoms with Gasteiger partial charge in [-0.1, -0.05) is 50.2 Å². The summed E-state index contributed by atoms with van der Waals surface area (Å²) in [7, 11) is 0. The number of nitrogens with one attached hydrogen (secondary N) is 1. The summed E-state index contributed by atoms with van der Waals surface area (Å²) in [5, 5.41) is 2.26. The van der Waals surface area contributed by atoms with Gasteiger partial charge in [0.15, 0.2) is 12.4 Å². The molecule has 0 aromatic heterocycles. The Balaban J connectivity index is 1.80. The van der Waals surface area contributed by atoms with Gasteiger partial charge >= 0.3 is 5.97 Å². The van der Waals surface area contributed by atoms with E-state index in [-0.39, 0.29) is 11.3 Å². The zero-order valence-electron chi connectivity index (χ0n) is 15.3. The molecule has 6 heteroatoms. The van der Waals surface area contributed by atoms with Crippen LogP contribution >= 0.6 is 0 Å². The van der Waals surface area contributed by atoms with Crippen molar-refractivity contribution < 1.29 is 23.5 Å². The standard InChI is InChI=1S/C21H22FNO4/c1-3-14(2)15-8-10-16(11-9-15)19(24)13-27-20(25)12-23-21(26)17-6-4-5-7-18(17)22/h4-11,14H,3,12-13H2,1-2H3,(H,23,26)/t14-/m0/s1. The summed E-state index contributed by atoms with van der Waals surface area (Å²) in [4.78, 5) is 35.6. The van der Waals surface area contributed by atoms with Crippen LogP contribution in [0.2, 0.25) is 0 Å². The molecule has 0 saturated carbocycles. The quantitative estimate of drug-likeness (QED) is 0.569. The van der Waals surface area contributed by atoms with Crippen LogP contribution in [0.25, 0.3) is 0 Å². The average Bonchev–Trinajstić information content (AvgIpc) is 2.70. The fourth-order valence-electron chi connectivity index (χ4n) is 2.41. The lowest BCUT2D eigenvalue weighted by Gasteiger charge is -2.10. The van der Waals surface area contributed by atoms with Crippen LogP contribution in [0.5, 0.6) is 0 Å². The average molecular weight is 371 g/mol. The third kappa shape index (κ3) is 5.74. The molecule has 0 saturated heterocycles. The van der Waals surface area contributed by atoms with E-state index in [1.54, 1.807) is 12.1 Å². The molecule has 0 spiro atoms. The Kier molecular flexibility index (Phi) is 7.23. The molecule has 0 fully saturated rings. The Morgan fingerprint density at radius 1 is 1.07 bits per heavy atom. The molecule has 2 aromatic rings. The van der Waals surface area contributed by atoms with Crippen LogP contribution in [0.3, 0.4) is 0 Å². The van der Waals surface area contributed by atoms with Crippen LogP contribution in [0.4, 0.5) is 4.39 Å². The lowest BCUT2D eigenvalue weighted by atomic mass is 9.97. The molecule has 0 aliphatic carbocycles. The topological polar surface area (TPSA) is 72.5 Å². The number of halogens is 1. The van der Waals surface area contributed by atoms with Gasteiger partial charge in [0.1, 0.15) is 12.4 Å². The van der Waals surface area contributed by atoms with Gasteiger partial charge in [-0.15, -0.1) is 0 Å². The largest absolute Gasteiger partial charge is 0.456 e. The number of hydrogen-bond acceptors (Lipinski definition) is 4. The number of ether oxygens (including phenoxy) is 1. The van der Waals surface area contributed by atoms with Crippen LogP contribution in [0.15, 0.2) is 48.5 Å². The Bertz CT molecular complexity index is 817. The van der Waals surface area contributed by atoms with Gasteiger partial charge in [0.05, 0.1) is 5.56 Å². The summed E-state index contributed by atoms with van der Waals surface area (Å²) >= 11 is 0. The van der Waals surface area contributed by atoms with Crippen LogP contribution < -0.4 is 5.32 Å². The van der Waals surface area contributed by atoms with E-state index >= 15 is 0 Å². The third-order valence-electron chi connectivity index (χ3n) is 4.29. The molecule has 1 atom stereocenters. The second kappa shape index (κ2) is 9.62. The molecule has 0 heterocycles. The van der Waals surface area contributed by atoms with E-state index < -0.39 is 30.8 Å². The number of ketones is 1. The normalized spacial score (nSPS) is 11.5. The maximum Gasteiger partial charge on any atom is 0.325 e. The summed E-state index contributed by atoms with van der Waals surface area (Å²) in [5.74, 6) is -2.11. The fraction of sp³-hybridized carbons (Fsp3) is 0.286. The summed E-state index contributed by atoms with van der Waals surface area (Å²) in [5.41, 5.74) is 1.43. The highest BCUT2D eigenvalue weighted by Gasteiger charge is 2.14. The highest BCUT2D eigenvalue weighted by molar-refractivity contribution is 5.99. The number of esters is 1. The van der Waals surface area contributed by atoms with Gasteiger partial charge in [-0.25, -0.2) is 4.39 Å². The molecular formula is C21H22FNO4. The van der Waals surface area contributed by atoms with Crippen molar-refractivity contribution in [3.63, 3.8) is 0 Å². The van der Waals surface area contributed by atoms with E-state index in [0.717, 1.165) is 18.1 Å². The zero-order chi connectivity index (χ0) is 19.8. The van der Waals surface area contributed by atoms with Crippen LogP contribution in [-0.2, 0) is 9.53 Å². The highest BCUT2D eigenvalue weighted by atomic mass is 19.1. The molecule has 5 nitrogen and oxygen atoms in total. The second-order valence-electron chi connectivity index (χ2n) is 6.18. The predicted octanol–water partition coefficient (Wildman–Crippen LogP) is 3.50. The SMILES string of the molecule is CC[C@H](C)c1ccc(C(=O)COC(=O)CNC(=O)c2ccccc2F)cc1. The van der Waals surface area contributed by atoms with E-state index in [0.29, 0.717) is 11.5 Å². The van der Waals surface area contributed by atoms with Crippen molar-refractivity contribution in [3.8, 4) is 0 Å². The van der Waals surface area contributed by atoms with Crippen molar-refractivity contribution in [3.05, 3.63) is 71.0 Å². The van der Waals surface area contributed by atoms with Gasteiger partial charge in [0.2, 0.25) is 0 Å². The van der Waals surface area contributed by atoms with Crippen molar-refractivity contribution in [2.75, 3.05) is 13.2 Å². The smallest absolute Gasteiger partial charge is 0.325 e. The van der Waals surface area contributed by atoms with E-state index in [9.17, 15) is 18.8 Å². The van der Waals surface area contributed by atoms with E-state index in [1.807, 2.05) is 12.1 Å². The minimum atomic E-state index is -0.774. The molecule has 0 bridgehead atoms. The molecule has 1 amide bonds. The highest BCUT2D eigenvalue weighted by Crippen LogP contribution is 2.19. The first-order valence-electron chi connectivity index (χ1n) is 8.73. The number of Topliss-reactive ketones (excluding diaryl/α,β-unsaturated/α-hetero) is 1. The minimum Gasteiger partial charge on any atom is -0.456 e. The first-order chi connectivity index (χ1) is 12.9. The van der Waals surface area contributed by atoms with Gasteiger partial charge in [0.25, 0.3) is 5.91 Å². The Labute approximate surface area is 157 Å². The number of carbonyl (C=O) groups is 3. The predicted molar refractivity (Wildman–Crippen MR) is 99.2 cm³/mol. The van der Waals surface area contributed by atoms with Gasteiger partial charge in [-0.05, 0) is 30.0 Å². The maximum atomic E-state index is 13.5. The van der Waals surface area contributed by atoms with Crippen molar-refractivity contribution in [2.24, 2.45) is 0 Å². The van der Waals surface area contributed by atoms with Crippen LogP contribution in [0, 0.1) is 5.82 Å². The first kappa shape index (κ1) is 20.3. The van der Waals surface area contributed by atoms with E-state index in [1.165, 1.54) is 18.2 Å². The number of carbonyl (C=O) groups excluding carboxylic acids is 3. The molecular weight excluding hydrogens is 349 g/mol. The van der Waals surface area contributed by atoms with Gasteiger partial charge in [-0.2, -0.15) is 0 Å². The number of benzene rings is 2. The summed E-state index contributed by atoms with van der Waals surface area (Å²) in [6, 6.07) is 12.6. The molecule has 27 heavy (non-hydrogen) atoms. The van der Waals surface area contributed by atoms with Crippen molar-refractivity contribution >= 4 is 17.7 Å². The van der Waals surface area contributed by atoms with Crippen molar-refractivity contribution in [2.45, 2.75) is 26.2 Å². The Morgan fingerprint density at radius 2 is 1.74 bits per heavy atom. The Hall–Kier alpha value is -3.02. The molecule has 0 radical (unpaired) electrons. The summed E-state index contributed by atoms with van der Waals surface area (Å²) in [6.45, 7) is 3.33. The van der Waals surface area contributed by atoms with Gasteiger partial charge < -0.3 is 10.1 Å². The summed E-state index contributed by atoms with van der Waals surface area (Å²) < 4.78 is 18.4. The van der Waals surface area contributed by atoms with Crippen molar-refractivity contribution in [1.29, 1.82) is 0 Å². The molecule has 0 aliphatic rings. The molecule has 1 N–H and O–H groups in total. The molecule has 0 unspecified atom stereocenters. The lowest BCUT2D eigenvalue weighted by Crippen LogP contribution is -2.32. The minimum absolute atomic E-state index is 0.164. The van der Waals surface area contributed by atoms with Gasteiger partial charge in [-0.3, -0.25) is 14.4 Å². The molecule has 0 aliphatic heterocycles. The lowest BCUT2D eigenvalue weighted by molar-refractivity contribution is -0.141. The molecule has 2 rings (SSSR count). The molecule has 2 aromatic carbocycles. The van der Waals surface area contributed by atoms with E-state index in [4.69, 9.17) is 4.74 Å². The van der Waals surface area contributed by atoms with E-state index in [2.05, 4.69) is 19.2 Å². The number of rotatable bonds is 8. The van der Waals surface area contributed by atoms with Crippen LogP contribution in [-0.4, -0.2) is 30.8 Å². The van der Waals surface area contributed by atoms with Crippen molar-refractivity contribution in [1.82, 2.24) is 5.32 Å². The summed E-state index contributed by atoms with van der Waals surface area (Å²) in [6.07, 6.45) is 1.00. The van der Waals surface area contributed by atoms with Crippen LogP contribution in [0.1, 0.15) is 52.5 Å². The first-order valence-corrected chi connectivity index (χ1v) is 8.73. The molecule has 142 valence electrons. The fourth-order valence-corrected chi connectivity index (χ4v) is 2.41. The number of hydrogen-bond donors (Lipinski definition) is 1. The second-order valence-corrected chi connectivity index (χ2v) is 6.18. The monoisotopic (exact) mass is 371 g/mol. The number of amides is 1.